The third kappa shape index (κ3) is 3.97. The van der Waals surface area contributed by atoms with Crippen LogP contribution >= 0.6 is 15.9 Å². The van der Waals surface area contributed by atoms with Crippen LogP contribution in [0.1, 0.15) is 18.4 Å². The lowest BCUT2D eigenvalue weighted by Gasteiger charge is -2.40. The Labute approximate surface area is 151 Å². The van der Waals surface area contributed by atoms with Gasteiger partial charge in [0.1, 0.15) is 5.54 Å². The van der Waals surface area contributed by atoms with Crippen LogP contribution < -0.4 is 11.1 Å². The van der Waals surface area contributed by atoms with E-state index in [1.165, 1.54) is 5.56 Å². The van der Waals surface area contributed by atoms with Crippen molar-refractivity contribution in [2.75, 3.05) is 18.4 Å². The summed E-state index contributed by atoms with van der Waals surface area (Å²) in [6.07, 6.45) is 1.43. The second kappa shape index (κ2) is 7.36. The Balaban J connectivity index is 1.65. The molecule has 126 valence electrons. The second-order valence-electron chi connectivity index (χ2n) is 6.34. The molecule has 0 aromatic heterocycles. The molecule has 1 amide bonds. The minimum atomic E-state index is -0.666. The summed E-state index contributed by atoms with van der Waals surface area (Å²) in [5.74, 6) is -0.273. The smallest absolute Gasteiger partial charge is 0.243 e. The first-order chi connectivity index (χ1) is 11.6. The zero-order chi connectivity index (χ0) is 17.0. The van der Waals surface area contributed by atoms with Crippen LogP contribution in [-0.2, 0) is 11.3 Å². The molecule has 2 aromatic carbocycles. The summed E-state index contributed by atoms with van der Waals surface area (Å²) >= 11 is 3.43. The van der Waals surface area contributed by atoms with Crippen molar-refractivity contribution in [3.05, 3.63) is 64.6 Å². The van der Waals surface area contributed by atoms with Gasteiger partial charge < -0.3 is 11.1 Å². The maximum atomic E-state index is 12.1. The van der Waals surface area contributed by atoms with Crippen molar-refractivity contribution in [2.24, 2.45) is 5.73 Å². The number of piperidine rings is 1. The third-order valence-electron chi connectivity index (χ3n) is 4.66. The highest BCUT2D eigenvalue weighted by atomic mass is 79.9. The first kappa shape index (κ1) is 17.0. The molecule has 4 nitrogen and oxygen atoms in total. The molecule has 3 rings (SSSR count). The van der Waals surface area contributed by atoms with Crippen LogP contribution in [-0.4, -0.2) is 29.4 Å². The number of benzene rings is 2. The molecule has 0 spiro atoms. The van der Waals surface area contributed by atoms with Crippen molar-refractivity contribution in [3.63, 3.8) is 0 Å². The zero-order valence-electron chi connectivity index (χ0n) is 13.5. The van der Waals surface area contributed by atoms with E-state index in [0.29, 0.717) is 12.8 Å². The van der Waals surface area contributed by atoms with Gasteiger partial charge in [-0.15, -0.1) is 0 Å². The molecular weight excluding hydrogens is 366 g/mol. The number of nitrogens with one attached hydrogen (secondary N) is 1. The highest BCUT2D eigenvalue weighted by Gasteiger charge is 2.39. The monoisotopic (exact) mass is 387 g/mol. The molecule has 0 saturated carbocycles. The number of rotatable bonds is 5. The van der Waals surface area contributed by atoms with Gasteiger partial charge in [0.15, 0.2) is 0 Å². The average molecular weight is 388 g/mol. The van der Waals surface area contributed by atoms with E-state index in [1.807, 2.05) is 30.3 Å². The molecule has 0 radical (unpaired) electrons. The normalized spacial score (nSPS) is 17.4. The molecule has 3 N–H and O–H groups in total. The number of carbonyl (C=O) groups excluding carboxylic acids is 1. The standard InChI is InChI=1S/C19H22BrN3O/c20-16-6-8-17(9-7-16)22-19(18(21)24)10-12-23(13-11-19)14-15-4-2-1-3-5-15/h1-9,22H,10-14H2,(H2,21,24). The van der Waals surface area contributed by atoms with Crippen LogP contribution in [0, 0.1) is 0 Å². The summed E-state index contributed by atoms with van der Waals surface area (Å²) < 4.78 is 1.01. The van der Waals surface area contributed by atoms with Gasteiger partial charge in [0, 0.05) is 29.8 Å². The van der Waals surface area contributed by atoms with E-state index in [2.05, 4.69) is 50.4 Å². The van der Waals surface area contributed by atoms with E-state index < -0.39 is 5.54 Å². The van der Waals surface area contributed by atoms with Gasteiger partial charge in [0.2, 0.25) is 5.91 Å². The van der Waals surface area contributed by atoms with E-state index in [-0.39, 0.29) is 5.91 Å². The molecule has 0 atom stereocenters. The van der Waals surface area contributed by atoms with Crippen molar-refractivity contribution < 1.29 is 4.79 Å². The molecule has 2 aromatic rings. The van der Waals surface area contributed by atoms with Gasteiger partial charge in [0.05, 0.1) is 0 Å². The fraction of sp³-hybridized carbons (Fsp3) is 0.316. The first-order valence-electron chi connectivity index (χ1n) is 8.17. The molecule has 1 saturated heterocycles. The summed E-state index contributed by atoms with van der Waals surface area (Å²) in [5, 5.41) is 3.38. The van der Waals surface area contributed by atoms with Gasteiger partial charge in [-0.05, 0) is 42.7 Å². The van der Waals surface area contributed by atoms with Gasteiger partial charge in [-0.3, -0.25) is 9.69 Å². The predicted octanol–water partition coefficient (Wildman–Crippen LogP) is 3.38. The average Bonchev–Trinajstić information content (AvgIpc) is 2.59. The summed E-state index contributed by atoms with van der Waals surface area (Å²) in [6.45, 7) is 2.61. The maximum Gasteiger partial charge on any atom is 0.243 e. The first-order valence-corrected chi connectivity index (χ1v) is 8.97. The molecule has 5 heteroatoms. The van der Waals surface area contributed by atoms with Gasteiger partial charge in [-0.1, -0.05) is 46.3 Å². The predicted molar refractivity (Wildman–Crippen MR) is 101 cm³/mol. The Bertz CT molecular complexity index is 680. The van der Waals surface area contributed by atoms with Crippen molar-refractivity contribution >= 4 is 27.5 Å². The number of amides is 1. The summed E-state index contributed by atoms with van der Waals surface area (Å²) in [4.78, 5) is 14.5. The van der Waals surface area contributed by atoms with E-state index in [1.54, 1.807) is 0 Å². The van der Waals surface area contributed by atoms with Crippen LogP contribution in [0.5, 0.6) is 0 Å². The maximum absolute atomic E-state index is 12.1. The minimum Gasteiger partial charge on any atom is -0.371 e. The fourth-order valence-corrected chi connectivity index (χ4v) is 3.44. The number of hydrogen-bond donors (Lipinski definition) is 2. The largest absolute Gasteiger partial charge is 0.371 e. The Morgan fingerprint density at radius 1 is 1.08 bits per heavy atom. The fourth-order valence-electron chi connectivity index (χ4n) is 3.18. The van der Waals surface area contributed by atoms with Crippen molar-refractivity contribution in [1.29, 1.82) is 0 Å². The number of likely N-dealkylation sites (tertiary alicyclic amines) is 1. The molecule has 0 unspecified atom stereocenters. The Hall–Kier alpha value is -1.85. The van der Waals surface area contributed by atoms with Crippen molar-refractivity contribution in [1.82, 2.24) is 4.90 Å². The molecule has 1 aliphatic rings. The van der Waals surface area contributed by atoms with E-state index in [0.717, 1.165) is 29.8 Å². The summed E-state index contributed by atoms with van der Waals surface area (Å²) in [5.41, 5.74) is 7.30. The number of nitrogens with two attached hydrogens (primary N) is 1. The molecule has 24 heavy (non-hydrogen) atoms. The van der Waals surface area contributed by atoms with Gasteiger partial charge in [-0.2, -0.15) is 0 Å². The zero-order valence-corrected chi connectivity index (χ0v) is 15.1. The topological polar surface area (TPSA) is 58.4 Å². The van der Waals surface area contributed by atoms with E-state index in [4.69, 9.17) is 5.73 Å². The Morgan fingerprint density at radius 3 is 2.29 bits per heavy atom. The molecule has 1 fully saturated rings. The molecular formula is C19H22BrN3O. The Kier molecular flexibility index (Phi) is 5.21. The summed E-state index contributed by atoms with van der Waals surface area (Å²) in [7, 11) is 0. The van der Waals surface area contributed by atoms with Crippen molar-refractivity contribution in [3.8, 4) is 0 Å². The molecule has 0 aliphatic carbocycles. The van der Waals surface area contributed by atoms with Gasteiger partial charge >= 0.3 is 0 Å². The number of anilines is 1. The molecule has 1 aliphatic heterocycles. The van der Waals surface area contributed by atoms with Crippen LogP contribution in [0.25, 0.3) is 0 Å². The van der Waals surface area contributed by atoms with Crippen molar-refractivity contribution in [2.45, 2.75) is 24.9 Å². The number of halogens is 1. The van der Waals surface area contributed by atoms with Gasteiger partial charge in [-0.25, -0.2) is 0 Å². The lowest BCUT2D eigenvalue weighted by Crippen LogP contribution is -2.56. The SMILES string of the molecule is NC(=O)C1(Nc2ccc(Br)cc2)CCN(Cc2ccccc2)CC1. The minimum absolute atomic E-state index is 0.273. The number of hydrogen-bond acceptors (Lipinski definition) is 3. The number of carbonyl (C=O) groups is 1. The highest BCUT2D eigenvalue weighted by molar-refractivity contribution is 9.10. The van der Waals surface area contributed by atoms with E-state index >= 15 is 0 Å². The van der Waals surface area contributed by atoms with Crippen LogP contribution in [0.4, 0.5) is 5.69 Å². The second-order valence-corrected chi connectivity index (χ2v) is 7.26. The van der Waals surface area contributed by atoms with E-state index in [9.17, 15) is 4.79 Å². The number of nitrogens with zero attached hydrogens (tertiary/aromatic N) is 1. The summed E-state index contributed by atoms with van der Waals surface area (Å²) in [6, 6.07) is 18.3. The lowest BCUT2D eigenvalue weighted by molar-refractivity contribution is -0.123. The number of primary amides is 1. The molecule has 1 heterocycles. The van der Waals surface area contributed by atoms with Crippen LogP contribution in [0.3, 0.4) is 0 Å². The molecule has 0 bridgehead atoms. The lowest BCUT2D eigenvalue weighted by atomic mass is 9.86. The van der Waals surface area contributed by atoms with Crippen LogP contribution in [0.15, 0.2) is 59.1 Å². The Morgan fingerprint density at radius 2 is 1.71 bits per heavy atom. The van der Waals surface area contributed by atoms with Gasteiger partial charge in [0.25, 0.3) is 0 Å². The quantitative estimate of drug-likeness (QED) is 0.826. The van der Waals surface area contributed by atoms with Crippen LogP contribution in [0.2, 0.25) is 0 Å². The third-order valence-corrected chi connectivity index (χ3v) is 5.19. The highest BCUT2D eigenvalue weighted by Crippen LogP contribution is 2.28.